The molecule has 6 atom stereocenters. The van der Waals surface area contributed by atoms with Crippen molar-refractivity contribution in [1.82, 2.24) is 19.8 Å². The molecular formula is C19H31N5O6S2. The topological polar surface area (TPSA) is 162 Å². The molecule has 0 unspecified atom stereocenters. The van der Waals surface area contributed by atoms with E-state index in [2.05, 4.69) is 10.0 Å². The molecule has 0 spiro atoms. The highest BCUT2D eigenvalue weighted by Crippen LogP contribution is 2.51. The zero-order chi connectivity index (χ0) is 24.0. The van der Waals surface area contributed by atoms with Crippen LogP contribution < -0.4 is 15.8 Å². The summed E-state index contributed by atoms with van der Waals surface area (Å²) in [6.07, 6.45) is 0.558. The summed E-state index contributed by atoms with van der Waals surface area (Å²) in [6.45, 7) is 3.99. The van der Waals surface area contributed by atoms with Crippen LogP contribution in [-0.2, 0) is 24.4 Å². The number of carboxylic acid groups (broad SMARTS) is 1. The van der Waals surface area contributed by atoms with E-state index in [0.717, 1.165) is 0 Å². The van der Waals surface area contributed by atoms with E-state index in [-0.39, 0.29) is 41.1 Å². The molecular weight excluding hydrogens is 458 g/mol. The van der Waals surface area contributed by atoms with E-state index in [1.165, 1.54) is 21.6 Å². The van der Waals surface area contributed by atoms with Crippen LogP contribution in [0.3, 0.4) is 0 Å². The molecule has 0 radical (unpaired) electrons. The van der Waals surface area contributed by atoms with E-state index in [1.54, 1.807) is 21.0 Å². The van der Waals surface area contributed by atoms with Crippen molar-refractivity contribution in [3.05, 3.63) is 10.6 Å². The van der Waals surface area contributed by atoms with Gasteiger partial charge in [-0.1, -0.05) is 6.92 Å². The summed E-state index contributed by atoms with van der Waals surface area (Å²) < 4.78 is 26.7. The molecule has 0 aromatic carbocycles. The van der Waals surface area contributed by atoms with Crippen molar-refractivity contribution in [2.45, 2.75) is 43.6 Å². The van der Waals surface area contributed by atoms with E-state index < -0.39 is 39.9 Å². The van der Waals surface area contributed by atoms with E-state index >= 15 is 0 Å². The number of aliphatic carboxylic acids is 1. The van der Waals surface area contributed by atoms with Gasteiger partial charge in [-0.15, -0.1) is 11.8 Å². The number of β-lactam (4-membered cyclic amide) rings is 1. The smallest absolute Gasteiger partial charge is 0.353 e. The number of rotatable bonds is 9. The van der Waals surface area contributed by atoms with Crippen LogP contribution in [0.4, 0.5) is 0 Å². The Hall–Kier alpha value is -1.67. The lowest BCUT2D eigenvalue weighted by atomic mass is 9.78. The fourth-order valence-corrected chi connectivity index (χ4v) is 7.36. The average molecular weight is 490 g/mol. The Morgan fingerprint density at radius 1 is 1.41 bits per heavy atom. The Bertz CT molecular complexity index is 936. The molecule has 0 aromatic heterocycles. The van der Waals surface area contributed by atoms with Gasteiger partial charge in [0.2, 0.25) is 21.8 Å². The summed E-state index contributed by atoms with van der Waals surface area (Å²) in [5, 5.41) is 13.0. The quantitative estimate of drug-likeness (QED) is 0.285. The minimum absolute atomic E-state index is 0.0107. The summed E-state index contributed by atoms with van der Waals surface area (Å²) in [4.78, 5) is 40.6. The van der Waals surface area contributed by atoms with Crippen LogP contribution in [0.2, 0.25) is 0 Å². The maximum atomic E-state index is 12.9. The minimum Gasteiger partial charge on any atom is -0.477 e. The second-order valence-corrected chi connectivity index (χ2v) is 11.9. The second kappa shape index (κ2) is 9.29. The molecule has 32 heavy (non-hydrogen) atoms. The molecule has 13 heteroatoms. The van der Waals surface area contributed by atoms with Gasteiger partial charge in [0.1, 0.15) is 5.70 Å². The number of thioether (sulfide) groups is 1. The summed E-state index contributed by atoms with van der Waals surface area (Å²) in [6, 6.07) is -1.44. The lowest BCUT2D eigenvalue weighted by Gasteiger charge is -2.47. The van der Waals surface area contributed by atoms with Crippen LogP contribution in [0.25, 0.3) is 0 Å². The molecule has 5 N–H and O–H groups in total. The number of likely N-dealkylation sites (N-methyl/N-ethyl adjacent to an activating group) is 1. The first-order valence-electron chi connectivity index (χ1n) is 10.5. The highest BCUT2D eigenvalue weighted by atomic mass is 32.2. The van der Waals surface area contributed by atoms with Crippen molar-refractivity contribution < 1.29 is 27.9 Å². The van der Waals surface area contributed by atoms with Gasteiger partial charge < -0.3 is 26.0 Å². The molecule has 0 aliphatic carbocycles. The highest BCUT2D eigenvalue weighted by Gasteiger charge is 2.60. The first-order chi connectivity index (χ1) is 14.9. The van der Waals surface area contributed by atoms with Gasteiger partial charge in [-0.2, -0.15) is 0 Å². The van der Waals surface area contributed by atoms with E-state index in [0.29, 0.717) is 17.9 Å². The normalized spacial score (nSPS) is 30.8. The van der Waals surface area contributed by atoms with Crippen LogP contribution in [0.5, 0.6) is 0 Å². The molecule has 11 nitrogen and oxygen atoms in total. The van der Waals surface area contributed by atoms with Gasteiger partial charge in [-0.3, -0.25) is 9.59 Å². The molecule has 0 aromatic rings. The number of nitrogens with one attached hydrogen (secondary N) is 2. The summed E-state index contributed by atoms with van der Waals surface area (Å²) in [5.41, 5.74) is 5.31. The van der Waals surface area contributed by atoms with Crippen molar-refractivity contribution in [1.29, 1.82) is 0 Å². The van der Waals surface area contributed by atoms with Gasteiger partial charge >= 0.3 is 5.97 Å². The SMILES string of the molecule is C[C@@H](NS(=O)(=O)CCN)[C@H]1C(=O)N2C(C(=O)O)=C(S[C@@H]3CN[C@H](C(=O)N(C)C)C3)[C@H](C)[C@@H]12. The van der Waals surface area contributed by atoms with E-state index in [9.17, 15) is 27.9 Å². The molecule has 2 amide bonds. The summed E-state index contributed by atoms with van der Waals surface area (Å²) in [5.74, 6) is -2.78. The van der Waals surface area contributed by atoms with Crippen LogP contribution >= 0.6 is 11.8 Å². The van der Waals surface area contributed by atoms with Crippen molar-refractivity contribution >= 4 is 39.6 Å². The summed E-state index contributed by atoms with van der Waals surface area (Å²) >= 11 is 1.39. The number of hydrogen-bond donors (Lipinski definition) is 4. The number of carbonyl (C=O) groups is 3. The third-order valence-electron chi connectivity index (χ3n) is 6.21. The second-order valence-electron chi connectivity index (χ2n) is 8.71. The highest BCUT2D eigenvalue weighted by molar-refractivity contribution is 8.03. The standard InChI is InChI=1S/C19H31N5O6S2/c1-9-14-13(10(2)22-32(29,30)6-5-20)18(26)24(14)15(19(27)28)16(9)31-11-7-12(21-8-11)17(25)23(3)4/h9-14,21-22H,5-8,20H2,1-4H3,(H,27,28)/t9-,10-,11+,12+,13-,14+/m1/s1. The molecule has 2 saturated heterocycles. The number of hydrogen-bond acceptors (Lipinski definition) is 8. The predicted molar refractivity (Wildman–Crippen MR) is 120 cm³/mol. The lowest BCUT2D eigenvalue weighted by molar-refractivity contribution is -0.157. The average Bonchev–Trinajstić information content (AvgIpc) is 3.23. The van der Waals surface area contributed by atoms with Gasteiger partial charge in [-0.05, 0) is 13.3 Å². The molecule has 3 aliphatic rings. The van der Waals surface area contributed by atoms with E-state index in [1.807, 2.05) is 6.92 Å². The molecule has 0 saturated carbocycles. The molecule has 0 bridgehead atoms. The van der Waals surface area contributed by atoms with Crippen molar-refractivity contribution in [2.75, 3.05) is 32.9 Å². The number of carbonyl (C=O) groups excluding carboxylic acids is 2. The van der Waals surface area contributed by atoms with Crippen molar-refractivity contribution in [2.24, 2.45) is 17.6 Å². The molecule has 3 aliphatic heterocycles. The minimum atomic E-state index is -3.63. The van der Waals surface area contributed by atoms with Crippen LogP contribution in [-0.4, -0.2) is 97.4 Å². The molecule has 180 valence electrons. The zero-order valence-electron chi connectivity index (χ0n) is 18.6. The van der Waals surface area contributed by atoms with Gasteiger partial charge in [-0.25, -0.2) is 17.9 Å². The molecule has 2 fully saturated rings. The first-order valence-corrected chi connectivity index (χ1v) is 13.0. The zero-order valence-corrected chi connectivity index (χ0v) is 20.2. The van der Waals surface area contributed by atoms with E-state index in [4.69, 9.17) is 5.73 Å². The van der Waals surface area contributed by atoms with Crippen LogP contribution in [0.15, 0.2) is 10.6 Å². The van der Waals surface area contributed by atoms with Gasteiger partial charge in [0.05, 0.1) is 23.8 Å². The number of amides is 2. The Kier molecular flexibility index (Phi) is 7.25. The number of nitrogens with two attached hydrogens (primary N) is 1. The maximum Gasteiger partial charge on any atom is 0.353 e. The third kappa shape index (κ3) is 4.53. The monoisotopic (exact) mass is 489 g/mol. The van der Waals surface area contributed by atoms with Gasteiger partial charge in [0, 0.05) is 49.3 Å². The Balaban J connectivity index is 1.76. The van der Waals surface area contributed by atoms with Crippen LogP contribution in [0, 0.1) is 11.8 Å². The Labute approximate surface area is 192 Å². The fraction of sp³-hybridized carbons (Fsp3) is 0.737. The molecule has 3 heterocycles. The number of nitrogens with zero attached hydrogens (tertiary/aromatic N) is 2. The van der Waals surface area contributed by atoms with Crippen LogP contribution in [0.1, 0.15) is 20.3 Å². The lowest BCUT2D eigenvalue weighted by Crippen LogP contribution is -2.66. The summed E-state index contributed by atoms with van der Waals surface area (Å²) in [7, 11) is -0.253. The third-order valence-corrected chi connectivity index (χ3v) is 9.22. The Morgan fingerprint density at radius 2 is 2.06 bits per heavy atom. The maximum absolute atomic E-state index is 12.9. The number of carboxylic acids is 1. The van der Waals surface area contributed by atoms with Crippen molar-refractivity contribution in [3.8, 4) is 0 Å². The molecule has 3 rings (SSSR count). The predicted octanol–water partition coefficient (Wildman–Crippen LogP) is -1.42. The number of fused-ring (bicyclic) bond motifs is 1. The largest absolute Gasteiger partial charge is 0.477 e. The first kappa shape index (κ1) is 25.0. The van der Waals surface area contributed by atoms with Crippen molar-refractivity contribution in [3.63, 3.8) is 0 Å². The Morgan fingerprint density at radius 3 is 2.62 bits per heavy atom. The fourth-order valence-electron chi connectivity index (χ4n) is 4.74. The number of sulfonamides is 1. The van der Waals surface area contributed by atoms with Gasteiger partial charge in [0.15, 0.2) is 0 Å². The van der Waals surface area contributed by atoms with Gasteiger partial charge in [0.25, 0.3) is 0 Å².